The maximum absolute atomic E-state index is 13.2. The fraction of sp³-hybridized carbons (Fsp3) is 0.320. The van der Waals surface area contributed by atoms with Crippen LogP contribution in [0.4, 0.5) is 5.82 Å². The molecule has 37 heavy (non-hydrogen) atoms. The number of nitrogens with one attached hydrogen (secondary N) is 1. The second-order valence-electron chi connectivity index (χ2n) is 8.63. The number of nitrogens with zero attached hydrogens (tertiary/aromatic N) is 5. The van der Waals surface area contributed by atoms with E-state index in [-0.39, 0.29) is 11.6 Å². The van der Waals surface area contributed by atoms with Crippen LogP contribution in [0.2, 0.25) is 0 Å². The van der Waals surface area contributed by atoms with Crippen LogP contribution in [0.3, 0.4) is 0 Å². The number of aryl methyl sites for hydroxylation is 1. The van der Waals surface area contributed by atoms with Gasteiger partial charge in [-0.3, -0.25) is 14.6 Å². The van der Waals surface area contributed by atoms with Gasteiger partial charge in [-0.1, -0.05) is 6.07 Å². The Morgan fingerprint density at radius 1 is 1.03 bits per heavy atom. The van der Waals surface area contributed by atoms with Crippen molar-refractivity contribution < 1.29 is 22.7 Å². The highest BCUT2D eigenvalue weighted by molar-refractivity contribution is 7.89. The van der Waals surface area contributed by atoms with Crippen LogP contribution in [0.15, 0.2) is 48.8 Å². The molecule has 2 amide bonds. The van der Waals surface area contributed by atoms with Crippen LogP contribution in [0, 0.1) is 6.92 Å². The topological polar surface area (TPSA) is 135 Å². The number of hydrogen-bond acceptors (Lipinski definition) is 9. The summed E-state index contributed by atoms with van der Waals surface area (Å²) in [6.45, 7) is 6.54. The number of sulfonamides is 1. The van der Waals surface area contributed by atoms with E-state index in [2.05, 4.69) is 15.2 Å². The summed E-state index contributed by atoms with van der Waals surface area (Å²) in [5.74, 6) is 0.367. The number of anilines is 1. The van der Waals surface area contributed by atoms with Crippen LogP contribution in [-0.2, 0) is 10.0 Å². The van der Waals surface area contributed by atoms with Gasteiger partial charge in [0, 0.05) is 43.5 Å². The van der Waals surface area contributed by atoms with Gasteiger partial charge < -0.3 is 14.5 Å². The van der Waals surface area contributed by atoms with E-state index in [0.717, 1.165) is 22.9 Å². The number of pyridine rings is 1. The Morgan fingerprint density at radius 2 is 1.78 bits per heavy atom. The number of piperazine rings is 1. The van der Waals surface area contributed by atoms with E-state index >= 15 is 0 Å². The van der Waals surface area contributed by atoms with E-state index < -0.39 is 15.9 Å². The predicted molar refractivity (Wildman–Crippen MR) is 138 cm³/mol. The van der Waals surface area contributed by atoms with Crippen molar-refractivity contribution in [2.75, 3.05) is 43.9 Å². The van der Waals surface area contributed by atoms with Gasteiger partial charge in [0.15, 0.2) is 11.5 Å². The minimum absolute atomic E-state index is 0.0469. The molecule has 0 saturated carbocycles. The number of hydrogen-bond donors (Lipinski definition) is 1. The smallest absolute Gasteiger partial charge is 0.285 e. The van der Waals surface area contributed by atoms with E-state index in [1.54, 1.807) is 23.4 Å². The first kappa shape index (κ1) is 26.0. The lowest BCUT2D eigenvalue weighted by atomic mass is 9.99. The van der Waals surface area contributed by atoms with Gasteiger partial charge in [0.2, 0.25) is 10.0 Å². The lowest BCUT2D eigenvalue weighted by Crippen LogP contribution is -2.49. The Morgan fingerprint density at radius 3 is 2.41 bits per heavy atom. The van der Waals surface area contributed by atoms with Crippen LogP contribution < -0.4 is 14.4 Å². The number of carbonyl (C=O) groups is 2. The van der Waals surface area contributed by atoms with E-state index in [9.17, 15) is 18.0 Å². The van der Waals surface area contributed by atoms with Gasteiger partial charge in [0.1, 0.15) is 5.75 Å². The number of benzene rings is 1. The Bertz CT molecular complexity index is 1400. The molecule has 0 unspecified atom stereocenters. The quantitative estimate of drug-likeness (QED) is 0.492. The second kappa shape index (κ2) is 10.9. The fourth-order valence-corrected chi connectivity index (χ4v) is 4.53. The summed E-state index contributed by atoms with van der Waals surface area (Å²) in [7, 11) is -3.69. The standard InChI is InChI=1S/C25H28N6O5S/c1-4-36-20-14-19(15-26-16-20)21-6-5-18(13-17(21)2)25(33)31-11-9-30(10-12-31)23-8-7-22(27-28-23)24(32)29-37(3,34)35/h5-8,13-16H,4,9-12H2,1-3H3,(H,29,32). The van der Waals surface area contributed by atoms with Gasteiger partial charge >= 0.3 is 0 Å². The molecule has 194 valence electrons. The van der Waals surface area contributed by atoms with E-state index in [1.165, 1.54) is 6.07 Å². The summed E-state index contributed by atoms with van der Waals surface area (Å²) in [4.78, 5) is 33.1. The summed E-state index contributed by atoms with van der Waals surface area (Å²) < 4.78 is 29.9. The normalized spacial score (nSPS) is 13.8. The summed E-state index contributed by atoms with van der Waals surface area (Å²) >= 11 is 0. The zero-order chi connectivity index (χ0) is 26.6. The van der Waals surface area contributed by atoms with Crippen molar-refractivity contribution in [3.8, 4) is 16.9 Å². The first-order valence-electron chi connectivity index (χ1n) is 11.7. The molecule has 2 aromatic heterocycles. The van der Waals surface area contributed by atoms with Gasteiger partial charge in [-0.25, -0.2) is 13.1 Å². The van der Waals surface area contributed by atoms with Gasteiger partial charge in [0.25, 0.3) is 11.8 Å². The SMILES string of the molecule is CCOc1cncc(-c2ccc(C(=O)N3CCN(c4ccc(C(=O)NS(C)(=O)=O)nn4)CC3)cc2C)c1. The molecule has 3 heterocycles. The first-order valence-corrected chi connectivity index (χ1v) is 13.6. The van der Waals surface area contributed by atoms with E-state index in [0.29, 0.717) is 49.9 Å². The summed E-state index contributed by atoms with van der Waals surface area (Å²) in [6.07, 6.45) is 4.34. The largest absolute Gasteiger partial charge is 0.492 e. The molecule has 0 radical (unpaired) electrons. The van der Waals surface area contributed by atoms with Crippen molar-refractivity contribution in [1.29, 1.82) is 0 Å². The Hall–Kier alpha value is -4.06. The monoisotopic (exact) mass is 524 g/mol. The summed E-state index contributed by atoms with van der Waals surface area (Å²) in [6, 6.07) is 10.6. The minimum Gasteiger partial charge on any atom is -0.492 e. The molecule has 1 aliphatic rings. The third-order valence-corrected chi connectivity index (χ3v) is 6.42. The Balaban J connectivity index is 1.38. The predicted octanol–water partition coefficient (Wildman–Crippen LogP) is 1.90. The van der Waals surface area contributed by atoms with Gasteiger partial charge in [-0.05, 0) is 55.3 Å². The van der Waals surface area contributed by atoms with Crippen molar-refractivity contribution in [3.05, 3.63) is 65.6 Å². The molecular weight excluding hydrogens is 496 g/mol. The highest BCUT2D eigenvalue weighted by atomic mass is 32.2. The zero-order valence-corrected chi connectivity index (χ0v) is 21.7. The van der Waals surface area contributed by atoms with Crippen molar-refractivity contribution in [3.63, 3.8) is 0 Å². The lowest BCUT2D eigenvalue weighted by molar-refractivity contribution is 0.0746. The van der Waals surface area contributed by atoms with Gasteiger partial charge in [-0.2, -0.15) is 0 Å². The Labute approximate surface area is 215 Å². The number of ether oxygens (including phenoxy) is 1. The number of aromatic nitrogens is 3. The molecular formula is C25H28N6O5S. The van der Waals surface area contributed by atoms with Crippen molar-refractivity contribution in [2.24, 2.45) is 0 Å². The molecule has 0 aliphatic carbocycles. The molecule has 3 aromatic rings. The molecule has 0 bridgehead atoms. The van der Waals surface area contributed by atoms with Crippen LogP contribution in [-0.4, -0.2) is 79.4 Å². The number of carbonyl (C=O) groups excluding carboxylic acids is 2. The molecule has 0 atom stereocenters. The highest BCUT2D eigenvalue weighted by Gasteiger charge is 2.24. The molecule has 1 saturated heterocycles. The van der Waals surface area contributed by atoms with Crippen molar-refractivity contribution in [2.45, 2.75) is 13.8 Å². The third kappa shape index (κ3) is 6.39. The third-order valence-electron chi connectivity index (χ3n) is 5.86. The second-order valence-corrected chi connectivity index (χ2v) is 10.4. The first-order chi connectivity index (χ1) is 17.6. The van der Waals surface area contributed by atoms with Crippen LogP contribution in [0.25, 0.3) is 11.1 Å². The van der Waals surface area contributed by atoms with E-state index in [4.69, 9.17) is 4.74 Å². The molecule has 12 heteroatoms. The number of amides is 2. The van der Waals surface area contributed by atoms with Crippen molar-refractivity contribution >= 4 is 27.7 Å². The minimum atomic E-state index is -3.69. The Kier molecular flexibility index (Phi) is 7.67. The lowest BCUT2D eigenvalue weighted by Gasteiger charge is -2.35. The molecule has 4 rings (SSSR count). The van der Waals surface area contributed by atoms with Crippen LogP contribution in [0.5, 0.6) is 5.75 Å². The maximum atomic E-state index is 13.2. The molecule has 1 aromatic carbocycles. The van der Waals surface area contributed by atoms with Crippen LogP contribution in [0.1, 0.15) is 33.3 Å². The van der Waals surface area contributed by atoms with Gasteiger partial charge in [-0.15, -0.1) is 10.2 Å². The van der Waals surface area contributed by atoms with Crippen LogP contribution >= 0.6 is 0 Å². The highest BCUT2D eigenvalue weighted by Crippen LogP contribution is 2.27. The molecule has 11 nitrogen and oxygen atoms in total. The summed E-state index contributed by atoms with van der Waals surface area (Å²) in [5, 5.41) is 7.89. The maximum Gasteiger partial charge on any atom is 0.285 e. The zero-order valence-electron chi connectivity index (χ0n) is 20.8. The molecule has 1 fully saturated rings. The van der Waals surface area contributed by atoms with E-state index in [1.807, 2.05) is 47.7 Å². The number of rotatable bonds is 7. The van der Waals surface area contributed by atoms with Gasteiger partial charge in [0.05, 0.1) is 19.1 Å². The van der Waals surface area contributed by atoms with Crippen molar-refractivity contribution in [1.82, 2.24) is 24.8 Å². The molecule has 1 N–H and O–H groups in total. The fourth-order valence-electron chi connectivity index (χ4n) is 4.09. The molecule has 1 aliphatic heterocycles. The summed E-state index contributed by atoms with van der Waals surface area (Å²) in [5.41, 5.74) is 3.40. The average molecular weight is 525 g/mol. The molecule has 0 spiro atoms. The average Bonchev–Trinajstić information content (AvgIpc) is 2.88.